The second kappa shape index (κ2) is 8.94. The Morgan fingerprint density at radius 2 is 2.20 bits per heavy atom. The third-order valence-corrected chi connectivity index (χ3v) is 7.65. The van der Waals surface area contributed by atoms with E-state index in [4.69, 9.17) is 4.98 Å². The molecular formula is C25H27N7O2S. The van der Waals surface area contributed by atoms with Gasteiger partial charge in [0.2, 0.25) is 5.91 Å². The van der Waals surface area contributed by atoms with Gasteiger partial charge in [-0.2, -0.15) is 9.61 Å². The number of aromatic nitrogens is 3. The molecular weight excluding hydrogens is 462 g/mol. The van der Waals surface area contributed by atoms with Crippen molar-refractivity contribution in [3.63, 3.8) is 0 Å². The van der Waals surface area contributed by atoms with Crippen molar-refractivity contribution in [1.82, 2.24) is 30.5 Å². The molecule has 3 fully saturated rings. The van der Waals surface area contributed by atoms with Gasteiger partial charge in [-0.05, 0) is 56.0 Å². The van der Waals surface area contributed by atoms with Crippen molar-refractivity contribution in [2.24, 2.45) is 0 Å². The highest BCUT2D eigenvalue weighted by Crippen LogP contribution is 2.33. The van der Waals surface area contributed by atoms with Crippen molar-refractivity contribution >= 4 is 40.7 Å². The van der Waals surface area contributed by atoms with Gasteiger partial charge in [-0.15, -0.1) is 11.3 Å². The molecule has 0 bridgehead atoms. The van der Waals surface area contributed by atoms with Gasteiger partial charge in [0.25, 0.3) is 5.91 Å². The molecule has 4 N–H and O–H groups in total. The monoisotopic (exact) mass is 489 g/mol. The summed E-state index contributed by atoms with van der Waals surface area (Å²) in [5.41, 5.74) is 3.74. The molecule has 6 rings (SSSR count). The van der Waals surface area contributed by atoms with Gasteiger partial charge in [-0.25, -0.2) is 4.98 Å². The smallest absolute Gasteiger partial charge is 0.261 e. The molecule has 0 radical (unpaired) electrons. The number of fused-ring (bicyclic) bond motifs is 1. The second-order valence-electron chi connectivity index (χ2n) is 9.32. The Balaban J connectivity index is 1.31. The summed E-state index contributed by atoms with van der Waals surface area (Å²) in [5, 5.41) is 17.3. The van der Waals surface area contributed by atoms with E-state index in [0.29, 0.717) is 41.3 Å². The van der Waals surface area contributed by atoms with Crippen LogP contribution in [0.1, 0.15) is 47.3 Å². The molecule has 1 aliphatic carbocycles. The highest BCUT2D eigenvalue weighted by molar-refractivity contribution is 7.17. The standard InChI is InChI=1S/C25H27N7O2S/c1-14-15(10-23(33)29-14)9-16-12-28-32-22(30-17-4-5-17)11-19(31-24(16)32)20-6-7-21(35-20)25(34)27-13-18-3-2-8-26-18/h6-7,9,11-12,17-18,26,30H,1-5,8,10,13H2,(H,27,34)(H,29,33)/b15-9+. The zero-order chi connectivity index (χ0) is 23.9. The van der Waals surface area contributed by atoms with Crippen LogP contribution < -0.4 is 21.3 Å². The van der Waals surface area contributed by atoms with Gasteiger partial charge in [0, 0.05) is 36.0 Å². The van der Waals surface area contributed by atoms with E-state index >= 15 is 0 Å². The van der Waals surface area contributed by atoms with Crippen molar-refractivity contribution in [2.45, 2.75) is 44.2 Å². The normalized spacial score (nSPS) is 21.1. The van der Waals surface area contributed by atoms with E-state index in [2.05, 4.69) is 32.9 Å². The molecule has 0 spiro atoms. The van der Waals surface area contributed by atoms with Gasteiger partial charge in [0.15, 0.2) is 5.65 Å². The molecule has 1 unspecified atom stereocenters. The fraction of sp³-hybridized carbons (Fsp3) is 0.360. The molecule has 1 atom stereocenters. The summed E-state index contributed by atoms with van der Waals surface area (Å²) in [6.45, 7) is 5.59. The van der Waals surface area contributed by atoms with Crippen molar-refractivity contribution < 1.29 is 9.59 Å². The molecule has 3 aromatic rings. The molecule has 1 saturated carbocycles. The fourth-order valence-electron chi connectivity index (χ4n) is 4.48. The molecule has 35 heavy (non-hydrogen) atoms. The minimum atomic E-state index is -0.0597. The summed E-state index contributed by atoms with van der Waals surface area (Å²) in [6, 6.07) is 6.59. The summed E-state index contributed by atoms with van der Waals surface area (Å²) in [4.78, 5) is 31.0. The summed E-state index contributed by atoms with van der Waals surface area (Å²) >= 11 is 1.43. The molecule has 180 valence electrons. The number of carbonyl (C=O) groups is 2. The number of rotatable bonds is 7. The van der Waals surface area contributed by atoms with E-state index in [0.717, 1.165) is 59.8 Å². The highest BCUT2D eigenvalue weighted by atomic mass is 32.1. The second-order valence-corrected chi connectivity index (χ2v) is 10.4. The summed E-state index contributed by atoms with van der Waals surface area (Å²) in [7, 11) is 0. The lowest BCUT2D eigenvalue weighted by molar-refractivity contribution is -0.118. The lowest BCUT2D eigenvalue weighted by Crippen LogP contribution is -2.36. The zero-order valence-corrected chi connectivity index (χ0v) is 20.1. The van der Waals surface area contributed by atoms with Gasteiger partial charge < -0.3 is 21.3 Å². The third-order valence-electron chi connectivity index (χ3n) is 6.54. The summed E-state index contributed by atoms with van der Waals surface area (Å²) in [5.74, 6) is 0.748. The number of hydrogen-bond donors (Lipinski definition) is 4. The van der Waals surface area contributed by atoms with E-state index in [9.17, 15) is 9.59 Å². The molecule has 10 heteroatoms. The molecule has 3 aliphatic rings. The van der Waals surface area contributed by atoms with Crippen LogP contribution in [0, 0.1) is 0 Å². The number of amides is 2. The zero-order valence-electron chi connectivity index (χ0n) is 19.3. The number of hydrogen-bond acceptors (Lipinski definition) is 7. The molecule has 2 aliphatic heterocycles. The van der Waals surface area contributed by atoms with Gasteiger partial charge in [0.1, 0.15) is 5.82 Å². The number of anilines is 1. The third kappa shape index (κ3) is 4.59. The van der Waals surface area contributed by atoms with E-state index in [1.165, 1.54) is 11.3 Å². The maximum atomic E-state index is 12.7. The van der Waals surface area contributed by atoms with Gasteiger partial charge in [-0.3, -0.25) is 9.59 Å². The summed E-state index contributed by atoms with van der Waals surface area (Å²) in [6.07, 6.45) is 8.49. The van der Waals surface area contributed by atoms with Crippen molar-refractivity contribution in [1.29, 1.82) is 0 Å². The maximum absolute atomic E-state index is 12.7. The average molecular weight is 490 g/mol. The molecule has 0 aromatic carbocycles. The lowest BCUT2D eigenvalue weighted by atomic mass is 10.1. The van der Waals surface area contributed by atoms with Gasteiger partial charge in [-0.1, -0.05) is 6.58 Å². The largest absolute Gasteiger partial charge is 0.367 e. The predicted octanol–water partition coefficient (Wildman–Crippen LogP) is 2.93. The minimum absolute atomic E-state index is 0.0564. The van der Waals surface area contributed by atoms with Crippen LogP contribution in [0.4, 0.5) is 5.82 Å². The molecule has 3 aromatic heterocycles. The minimum Gasteiger partial charge on any atom is -0.367 e. The first-order valence-corrected chi connectivity index (χ1v) is 12.8. The Morgan fingerprint density at radius 3 is 2.94 bits per heavy atom. The van der Waals surface area contributed by atoms with Crippen molar-refractivity contribution in [3.8, 4) is 10.6 Å². The SMILES string of the molecule is C=C1NC(=O)C/C1=C\c1cnn2c(NC3CC3)cc(-c3ccc(C(=O)NCC4CCCN4)s3)nc12. The first kappa shape index (κ1) is 22.0. The van der Waals surface area contributed by atoms with Gasteiger partial charge in [0.05, 0.1) is 28.1 Å². The van der Waals surface area contributed by atoms with Gasteiger partial charge >= 0.3 is 0 Å². The van der Waals surface area contributed by atoms with Crippen molar-refractivity contribution in [3.05, 3.63) is 52.7 Å². The Kier molecular flexibility index (Phi) is 5.62. The quantitative estimate of drug-likeness (QED) is 0.406. The Hall–Kier alpha value is -3.50. The van der Waals surface area contributed by atoms with Crippen LogP contribution in [0.15, 0.2) is 42.2 Å². The van der Waals surface area contributed by atoms with Crippen LogP contribution in [0.5, 0.6) is 0 Å². The molecule has 2 saturated heterocycles. The fourth-order valence-corrected chi connectivity index (χ4v) is 5.36. The molecule has 9 nitrogen and oxygen atoms in total. The number of nitrogens with one attached hydrogen (secondary N) is 4. The Morgan fingerprint density at radius 1 is 1.31 bits per heavy atom. The Bertz CT molecular complexity index is 1360. The Labute approximate surface area is 206 Å². The molecule has 5 heterocycles. The van der Waals surface area contributed by atoms with Crippen LogP contribution in [0.3, 0.4) is 0 Å². The van der Waals surface area contributed by atoms with Crippen molar-refractivity contribution in [2.75, 3.05) is 18.4 Å². The number of allylic oxidation sites excluding steroid dienone is 1. The topological polar surface area (TPSA) is 112 Å². The lowest BCUT2D eigenvalue weighted by Gasteiger charge is -2.10. The van der Waals surface area contributed by atoms with E-state index in [1.807, 2.05) is 24.3 Å². The molecule has 2 amide bonds. The average Bonchev–Trinajstić information content (AvgIpc) is 3.28. The number of carbonyl (C=O) groups excluding carboxylic acids is 2. The van der Waals surface area contributed by atoms with Crippen LogP contribution in [0.25, 0.3) is 22.3 Å². The maximum Gasteiger partial charge on any atom is 0.261 e. The highest BCUT2D eigenvalue weighted by Gasteiger charge is 2.24. The van der Waals surface area contributed by atoms with E-state index in [-0.39, 0.29) is 11.8 Å². The first-order valence-electron chi connectivity index (χ1n) is 12.0. The number of thiophene rings is 1. The van der Waals surface area contributed by atoms with E-state index in [1.54, 1.807) is 10.7 Å². The van der Waals surface area contributed by atoms with Crippen LogP contribution >= 0.6 is 11.3 Å². The summed E-state index contributed by atoms with van der Waals surface area (Å²) < 4.78 is 1.80. The number of nitrogens with zero attached hydrogens (tertiary/aromatic N) is 3. The van der Waals surface area contributed by atoms with Crippen LogP contribution in [-0.4, -0.2) is 51.6 Å². The first-order chi connectivity index (χ1) is 17.0. The van der Waals surface area contributed by atoms with Crippen LogP contribution in [-0.2, 0) is 4.79 Å². The predicted molar refractivity (Wildman–Crippen MR) is 136 cm³/mol. The van der Waals surface area contributed by atoms with E-state index < -0.39 is 0 Å². The van der Waals surface area contributed by atoms with Crippen LogP contribution in [0.2, 0.25) is 0 Å².